The Labute approximate surface area is 161 Å². The van der Waals surface area contributed by atoms with Gasteiger partial charge in [0.25, 0.3) is 5.91 Å². The van der Waals surface area contributed by atoms with Gasteiger partial charge in [-0.15, -0.1) is 0 Å². The summed E-state index contributed by atoms with van der Waals surface area (Å²) in [6.45, 7) is 3.15. The Morgan fingerprint density at radius 1 is 1.23 bits per heavy atom. The van der Waals surface area contributed by atoms with Crippen LogP contribution in [0.2, 0.25) is 10.0 Å². The van der Waals surface area contributed by atoms with Crippen molar-refractivity contribution in [3.05, 3.63) is 33.8 Å². The highest BCUT2D eigenvalue weighted by molar-refractivity contribution is 6.39. The SMILES string of the molecule is CC1CCN(C(=O)NCC(NC(=O)c2c(Cl)cccc2Cl)C(=O)O)CC1. The van der Waals surface area contributed by atoms with Crippen molar-refractivity contribution in [1.29, 1.82) is 0 Å². The number of hydrogen-bond donors (Lipinski definition) is 3. The summed E-state index contributed by atoms with van der Waals surface area (Å²) in [6, 6.07) is 2.90. The molecule has 0 aromatic heterocycles. The Bertz CT molecular complexity index is 670. The highest BCUT2D eigenvalue weighted by atomic mass is 35.5. The lowest BCUT2D eigenvalue weighted by Crippen LogP contribution is -2.52. The van der Waals surface area contributed by atoms with Gasteiger partial charge in [0.15, 0.2) is 0 Å². The van der Waals surface area contributed by atoms with Gasteiger partial charge in [-0.05, 0) is 30.9 Å². The van der Waals surface area contributed by atoms with Crippen molar-refractivity contribution in [3.8, 4) is 0 Å². The molecule has 142 valence electrons. The molecule has 1 aliphatic heterocycles. The summed E-state index contributed by atoms with van der Waals surface area (Å²) in [4.78, 5) is 37.5. The van der Waals surface area contributed by atoms with Crippen LogP contribution in [-0.2, 0) is 4.79 Å². The van der Waals surface area contributed by atoms with E-state index in [4.69, 9.17) is 23.2 Å². The normalized spacial score (nSPS) is 16.0. The van der Waals surface area contributed by atoms with E-state index in [2.05, 4.69) is 17.6 Å². The maximum absolute atomic E-state index is 12.3. The van der Waals surface area contributed by atoms with Crippen LogP contribution in [0.15, 0.2) is 18.2 Å². The zero-order valence-corrected chi connectivity index (χ0v) is 15.8. The summed E-state index contributed by atoms with van der Waals surface area (Å²) in [7, 11) is 0. The molecule has 0 radical (unpaired) electrons. The number of halogens is 2. The van der Waals surface area contributed by atoms with E-state index >= 15 is 0 Å². The van der Waals surface area contributed by atoms with Gasteiger partial charge in [-0.3, -0.25) is 4.79 Å². The number of nitrogens with one attached hydrogen (secondary N) is 2. The highest BCUT2D eigenvalue weighted by Gasteiger charge is 2.26. The van der Waals surface area contributed by atoms with E-state index < -0.39 is 17.9 Å². The molecule has 1 aromatic rings. The molecule has 3 N–H and O–H groups in total. The summed E-state index contributed by atoms with van der Waals surface area (Å²) < 4.78 is 0. The third-order valence-electron chi connectivity index (χ3n) is 4.32. The minimum absolute atomic E-state index is 0.00146. The predicted molar refractivity (Wildman–Crippen MR) is 98.7 cm³/mol. The third kappa shape index (κ3) is 5.25. The van der Waals surface area contributed by atoms with Crippen molar-refractivity contribution in [3.63, 3.8) is 0 Å². The topological polar surface area (TPSA) is 98.7 Å². The molecule has 1 atom stereocenters. The number of rotatable bonds is 5. The van der Waals surface area contributed by atoms with Crippen molar-refractivity contribution in [2.24, 2.45) is 5.92 Å². The van der Waals surface area contributed by atoms with Crippen LogP contribution >= 0.6 is 23.2 Å². The quantitative estimate of drug-likeness (QED) is 0.705. The van der Waals surface area contributed by atoms with Crippen LogP contribution in [0, 0.1) is 5.92 Å². The lowest BCUT2D eigenvalue weighted by molar-refractivity contribution is -0.139. The van der Waals surface area contributed by atoms with E-state index in [1.807, 2.05) is 0 Å². The van der Waals surface area contributed by atoms with Gasteiger partial charge in [0.1, 0.15) is 6.04 Å². The number of aliphatic carboxylic acids is 1. The van der Waals surface area contributed by atoms with E-state index in [0.717, 1.165) is 12.8 Å². The molecule has 3 amide bonds. The smallest absolute Gasteiger partial charge is 0.328 e. The number of nitrogens with zero attached hydrogens (tertiary/aromatic N) is 1. The summed E-state index contributed by atoms with van der Waals surface area (Å²) >= 11 is 11.9. The second-order valence-electron chi connectivity index (χ2n) is 6.32. The molecule has 0 aliphatic carbocycles. The predicted octanol–water partition coefficient (Wildman–Crippen LogP) is 2.62. The number of benzene rings is 1. The van der Waals surface area contributed by atoms with Crippen LogP contribution < -0.4 is 10.6 Å². The molecule has 0 saturated carbocycles. The third-order valence-corrected chi connectivity index (χ3v) is 4.95. The highest BCUT2D eigenvalue weighted by Crippen LogP contribution is 2.24. The molecule has 2 rings (SSSR count). The molecule has 1 unspecified atom stereocenters. The molecule has 26 heavy (non-hydrogen) atoms. The number of piperidine rings is 1. The number of urea groups is 1. The largest absolute Gasteiger partial charge is 0.480 e. The lowest BCUT2D eigenvalue weighted by Gasteiger charge is -2.30. The number of carboxylic acid groups (broad SMARTS) is 1. The number of carbonyl (C=O) groups is 3. The molecular weight excluding hydrogens is 381 g/mol. The monoisotopic (exact) mass is 401 g/mol. The zero-order chi connectivity index (χ0) is 19.3. The Morgan fingerprint density at radius 2 is 1.81 bits per heavy atom. The zero-order valence-electron chi connectivity index (χ0n) is 14.3. The fraction of sp³-hybridized carbons (Fsp3) is 0.471. The number of likely N-dealkylation sites (tertiary alicyclic amines) is 1. The summed E-state index contributed by atoms with van der Waals surface area (Å²) in [6.07, 6.45) is 1.83. The van der Waals surface area contributed by atoms with Crippen LogP contribution in [0.4, 0.5) is 4.79 Å². The first kappa shape index (κ1) is 20.3. The number of carboxylic acids is 1. The Morgan fingerprint density at radius 3 is 2.35 bits per heavy atom. The Kier molecular flexibility index (Phi) is 7.11. The van der Waals surface area contributed by atoms with Gasteiger partial charge in [0.2, 0.25) is 0 Å². The summed E-state index contributed by atoms with van der Waals surface area (Å²) in [5.41, 5.74) is -0.00146. The first-order valence-electron chi connectivity index (χ1n) is 8.30. The Balaban J connectivity index is 1.95. The van der Waals surface area contributed by atoms with Gasteiger partial charge in [-0.1, -0.05) is 36.2 Å². The summed E-state index contributed by atoms with van der Waals surface area (Å²) in [5.74, 6) is -1.41. The van der Waals surface area contributed by atoms with Gasteiger partial charge in [0, 0.05) is 13.1 Å². The molecular formula is C17H21Cl2N3O4. The lowest BCUT2D eigenvalue weighted by atomic mass is 10.00. The average molecular weight is 402 g/mol. The fourth-order valence-electron chi connectivity index (χ4n) is 2.66. The van der Waals surface area contributed by atoms with Crippen LogP contribution in [0.1, 0.15) is 30.1 Å². The second-order valence-corrected chi connectivity index (χ2v) is 7.13. The maximum Gasteiger partial charge on any atom is 0.328 e. The van der Waals surface area contributed by atoms with Crippen molar-refractivity contribution in [2.45, 2.75) is 25.8 Å². The minimum atomic E-state index is -1.30. The maximum atomic E-state index is 12.3. The van der Waals surface area contributed by atoms with Gasteiger partial charge in [-0.25, -0.2) is 9.59 Å². The van der Waals surface area contributed by atoms with E-state index in [1.54, 1.807) is 11.0 Å². The van der Waals surface area contributed by atoms with E-state index in [0.29, 0.717) is 19.0 Å². The molecule has 1 aliphatic rings. The van der Waals surface area contributed by atoms with E-state index in [-0.39, 0.29) is 28.2 Å². The molecule has 1 heterocycles. The molecule has 1 aromatic carbocycles. The first-order chi connectivity index (χ1) is 12.3. The van der Waals surface area contributed by atoms with Crippen LogP contribution in [0.25, 0.3) is 0 Å². The van der Waals surface area contributed by atoms with Crippen LogP contribution in [-0.4, -0.2) is 53.6 Å². The molecule has 0 spiro atoms. The molecule has 1 fully saturated rings. The van der Waals surface area contributed by atoms with Gasteiger partial charge >= 0.3 is 12.0 Å². The number of hydrogen-bond acceptors (Lipinski definition) is 3. The van der Waals surface area contributed by atoms with Gasteiger partial charge in [-0.2, -0.15) is 0 Å². The van der Waals surface area contributed by atoms with Crippen molar-refractivity contribution in [2.75, 3.05) is 19.6 Å². The van der Waals surface area contributed by atoms with Crippen molar-refractivity contribution >= 4 is 41.1 Å². The Hall–Kier alpha value is -1.99. The number of amides is 3. The standard InChI is InChI=1S/C17H21Cl2N3O4/c1-10-5-7-22(8-6-10)17(26)20-9-13(16(24)25)21-15(23)14-11(18)3-2-4-12(14)19/h2-4,10,13H,5-9H2,1H3,(H,20,26)(H,21,23)(H,24,25). The molecule has 7 nitrogen and oxygen atoms in total. The first-order valence-corrected chi connectivity index (χ1v) is 9.05. The van der Waals surface area contributed by atoms with Crippen LogP contribution in [0.3, 0.4) is 0 Å². The van der Waals surface area contributed by atoms with Crippen molar-refractivity contribution in [1.82, 2.24) is 15.5 Å². The second kappa shape index (κ2) is 9.09. The van der Waals surface area contributed by atoms with Gasteiger partial charge < -0.3 is 20.6 Å². The number of carbonyl (C=O) groups excluding carboxylic acids is 2. The minimum Gasteiger partial charge on any atom is -0.480 e. The average Bonchev–Trinajstić information content (AvgIpc) is 2.58. The van der Waals surface area contributed by atoms with Crippen molar-refractivity contribution < 1.29 is 19.5 Å². The van der Waals surface area contributed by atoms with Gasteiger partial charge in [0.05, 0.1) is 22.2 Å². The molecule has 1 saturated heterocycles. The van der Waals surface area contributed by atoms with Crippen LogP contribution in [0.5, 0.6) is 0 Å². The summed E-state index contributed by atoms with van der Waals surface area (Å²) in [5, 5.41) is 14.5. The molecule has 9 heteroatoms. The fourth-order valence-corrected chi connectivity index (χ4v) is 3.23. The van der Waals surface area contributed by atoms with E-state index in [1.165, 1.54) is 12.1 Å². The molecule has 0 bridgehead atoms. The van der Waals surface area contributed by atoms with E-state index in [9.17, 15) is 19.5 Å².